The highest BCUT2D eigenvalue weighted by atomic mass is 32.2. The molecule has 2 unspecified atom stereocenters. The van der Waals surface area contributed by atoms with Crippen LogP contribution in [-0.2, 0) is 14.9 Å². The monoisotopic (exact) mass is 617 g/mol. The van der Waals surface area contributed by atoms with Crippen LogP contribution in [0.1, 0.15) is 117 Å². The van der Waals surface area contributed by atoms with Gasteiger partial charge in [0.1, 0.15) is 0 Å². The Hall–Kier alpha value is -2.48. The first-order chi connectivity index (χ1) is 20.8. The summed E-state index contributed by atoms with van der Waals surface area (Å²) in [6.07, 6.45) is 42.8. The van der Waals surface area contributed by atoms with Gasteiger partial charge in [-0.2, -0.15) is 8.42 Å². The Kier molecular flexibility index (Phi) is 27.9. The van der Waals surface area contributed by atoms with Gasteiger partial charge < -0.3 is 10.4 Å². The lowest BCUT2D eigenvalue weighted by Crippen LogP contribution is -2.46. The van der Waals surface area contributed by atoms with Gasteiger partial charge in [0.2, 0.25) is 5.91 Å². The number of hydrogen-bond acceptors (Lipinski definition) is 4. The molecule has 0 aliphatic heterocycles. The first-order valence-electron chi connectivity index (χ1n) is 16.3. The first kappa shape index (κ1) is 40.5. The van der Waals surface area contributed by atoms with E-state index in [-0.39, 0.29) is 12.3 Å². The number of nitrogens with one attached hydrogen (secondary N) is 1. The SMILES string of the molecule is CC/C=C\C/C=C\C/C=C\C/C=C\CCCCC(=O)NC(CS(=O)(=O)O)C(O)/C=C/CC/C=C/CC/C=C/CCCCC. The van der Waals surface area contributed by atoms with E-state index in [1.807, 2.05) is 0 Å². The average Bonchev–Trinajstić information content (AvgIpc) is 2.96. The number of carbonyl (C=O) groups excluding carboxylic acids is 1. The number of amides is 1. The van der Waals surface area contributed by atoms with E-state index in [0.29, 0.717) is 12.8 Å². The minimum Gasteiger partial charge on any atom is -0.387 e. The van der Waals surface area contributed by atoms with Crippen molar-refractivity contribution >= 4 is 16.0 Å². The Balaban J connectivity index is 4.26. The lowest BCUT2D eigenvalue weighted by atomic mass is 10.1. The summed E-state index contributed by atoms with van der Waals surface area (Å²) in [7, 11) is -4.37. The van der Waals surface area contributed by atoms with Gasteiger partial charge in [0.25, 0.3) is 10.1 Å². The molecular formula is C36H59NO5S. The van der Waals surface area contributed by atoms with Crippen molar-refractivity contribution in [1.29, 1.82) is 0 Å². The van der Waals surface area contributed by atoms with Crippen molar-refractivity contribution < 1.29 is 22.9 Å². The molecule has 0 saturated carbocycles. The number of rotatable bonds is 27. The number of allylic oxidation sites excluding steroid dienone is 13. The second-order valence-corrected chi connectivity index (χ2v) is 12.2. The molecule has 0 aromatic rings. The van der Waals surface area contributed by atoms with E-state index >= 15 is 0 Å². The second kappa shape index (κ2) is 29.6. The van der Waals surface area contributed by atoms with Crippen molar-refractivity contribution in [2.45, 2.75) is 129 Å². The fraction of sp³-hybridized carbons (Fsp3) is 0.583. The molecule has 0 aliphatic carbocycles. The number of aliphatic hydroxyl groups is 1. The molecule has 0 rings (SSSR count). The molecular weight excluding hydrogens is 558 g/mol. The van der Waals surface area contributed by atoms with Crippen molar-refractivity contribution in [3.63, 3.8) is 0 Å². The summed E-state index contributed by atoms with van der Waals surface area (Å²) in [6.45, 7) is 4.33. The maximum atomic E-state index is 12.4. The van der Waals surface area contributed by atoms with Crippen molar-refractivity contribution in [3.8, 4) is 0 Å². The molecule has 0 aromatic carbocycles. The summed E-state index contributed by atoms with van der Waals surface area (Å²) in [4.78, 5) is 12.4. The van der Waals surface area contributed by atoms with E-state index in [9.17, 15) is 22.9 Å². The van der Waals surface area contributed by atoms with Crippen LogP contribution < -0.4 is 5.32 Å². The number of unbranched alkanes of at least 4 members (excludes halogenated alkanes) is 7. The Labute approximate surface area is 263 Å². The molecule has 244 valence electrons. The van der Waals surface area contributed by atoms with Crippen LogP contribution in [0.15, 0.2) is 85.1 Å². The topological polar surface area (TPSA) is 104 Å². The van der Waals surface area contributed by atoms with E-state index in [2.05, 4.69) is 92.1 Å². The van der Waals surface area contributed by atoms with E-state index in [4.69, 9.17) is 0 Å². The third-order valence-electron chi connectivity index (χ3n) is 6.53. The lowest BCUT2D eigenvalue weighted by Gasteiger charge is -2.21. The highest BCUT2D eigenvalue weighted by Crippen LogP contribution is 2.07. The maximum Gasteiger partial charge on any atom is 0.267 e. The average molecular weight is 618 g/mol. The van der Waals surface area contributed by atoms with Gasteiger partial charge in [-0.05, 0) is 83.5 Å². The van der Waals surface area contributed by atoms with E-state index in [1.165, 1.54) is 25.3 Å². The molecule has 0 aromatic heterocycles. The van der Waals surface area contributed by atoms with Crippen LogP contribution in [0.25, 0.3) is 0 Å². The molecule has 7 heteroatoms. The lowest BCUT2D eigenvalue weighted by molar-refractivity contribution is -0.122. The zero-order chi connectivity index (χ0) is 31.9. The summed E-state index contributed by atoms with van der Waals surface area (Å²) in [6, 6.07) is -1.10. The van der Waals surface area contributed by atoms with Gasteiger partial charge in [-0.3, -0.25) is 9.35 Å². The van der Waals surface area contributed by atoms with Gasteiger partial charge in [-0.15, -0.1) is 0 Å². The zero-order valence-corrected chi connectivity index (χ0v) is 27.6. The summed E-state index contributed by atoms with van der Waals surface area (Å²) in [5.74, 6) is -1.08. The highest BCUT2D eigenvalue weighted by molar-refractivity contribution is 7.85. The van der Waals surface area contributed by atoms with Gasteiger partial charge in [0.15, 0.2) is 0 Å². The van der Waals surface area contributed by atoms with Crippen LogP contribution >= 0.6 is 0 Å². The Morgan fingerprint density at radius 2 is 1.12 bits per heavy atom. The normalized spacial score (nSPS) is 14.6. The molecule has 0 heterocycles. The predicted octanol–water partition coefficient (Wildman–Crippen LogP) is 8.89. The van der Waals surface area contributed by atoms with Crippen molar-refractivity contribution in [2.75, 3.05) is 5.75 Å². The van der Waals surface area contributed by atoms with Crippen LogP contribution in [0.3, 0.4) is 0 Å². The quantitative estimate of drug-likeness (QED) is 0.0485. The fourth-order valence-corrected chi connectivity index (χ4v) is 4.85. The molecule has 0 aliphatic rings. The van der Waals surface area contributed by atoms with Gasteiger partial charge in [-0.1, -0.05) is 112 Å². The summed E-state index contributed by atoms with van der Waals surface area (Å²) >= 11 is 0. The van der Waals surface area contributed by atoms with E-state index in [0.717, 1.165) is 64.2 Å². The first-order valence-corrected chi connectivity index (χ1v) is 17.9. The van der Waals surface area contributed by atoms with Gasteiger partial charge in [0.05, 0.1) is 17.9 Å². The number of aliphatic hydroxyl groups excluding tert-OH is 1. The molecule has 0 spiro atoms. The maximum absolute atomic E-state index is 12.4. The molecule has 0 bridgehead atoms. The number of carbonyl (C=O) groups is 1. The van der Waals surface area contributed by atoms with Crippen LogP contribution in [0.2, 0.25) is 0 Å². The van der Waals surface area contributed by atoms with Gasteiger partial charge in [0, 0.05) is 6.42 Å². The largest absolute Gasteiger partial charge is 0.387 e. The third-order valence-corrected chi connectivity index (χ3v) is 7.31. The standard InChI is InChI=1S/C36H59NO5S/c1-3-5-7-9-11-13-15-17-18-20-22-24-26-28-30-32-36(39)37-34(33-43(40,41)42)35(38)31-29-27-25-23-21-19-16-14-12-10-8-6-4-2/h5,7,11-14,17-18,21-24,29,31,34-35,38H,3-4,6,8-10,15-16,19-20,25-28,30,32-33H2,1-2H3,(H,37,39)(H,40,41,42)/b7-5-,13-11-,14-12+,18-17-,23-21+,24-22-,31-29+. The highest BCUT2D eigenvalue weighted by Gasteiger charge is 2.24. The molecule has 43 heavy (non-hydrogen) atoms. The summed E-state index contributed by atoms with van der Waals surface area (Å²) in [5.41, 5.74) is 0. The second-order valence-electron chi connectivity index (χ2n) is 10.7. The smallest absolute Gasteiger partial charge is 0.267 e. The third kappa shape index (κ3) is 30.8. The van der Waals surface area contributed by atoms with Crippen molar-refractivity contribution in [2.24, 2.45) is 0 Å². The van der Waals surface area contributed by atoms with Crippen molar-refractivity contribution in [1.82, 2.24) is 5.32 Å². The minimum absolute atomic E-state index is 0.227. The number of hydrogen-bond donors (Lipinski definition) is 3. The Morgan fingerprint density at radius 1 is 0.651 bits per heavy atom. The van der Waals surface area contributed by atoms with Crippen LogP contribution in [-0.4, -0.2) is 41.9 Å². The van der Waals surface area contributed by atoms with Crippen LogP contribution in [0.4, 0.5) is 0 Å². The molecule has 0 radical (unpaired) electrons. The molecule has 0 saturated heterocycles. The minimum atomic E-state index is -4.37. The zero-order valence-electron chi connectivity index (χ0n) is 26.8. The summed E-state index contributed by atoms with van der Waals surface area (Å²) in [5, 5.41) is 13.1. The fourth-order valence-electron chi connectivity index (χ4n) is 4.12. The van der Waals surface area contributed by atoms with Gasteiger partial charge >= 0.3 is 0 Å². The molecule has 0 fully saturated rings. The van der Waals surface area contributed by atoms with E-state index < -0.39 is 28.0 Å². The molecule has 2 atom stereocenters. The molecule has 1 amide bonds. The molecule has 6 nitrogen and oxygen atoms in total. The Morgan fingerprint density at radius 3 is 1.65 bits per heavy atom. The van der Waals surface area contributed by atoms with Crippen LogP contribution in [0, 0.1) is 0 Å². The summed E-state index contributed by atoms with van der Waals surface area (Å²) < 4.78 is 32.2. The predicted molar refractivity (Wildman–Crippen MR) is 184 cm³/mol. The molecule has 3 N–H and O–H groups in total. The Bertz CT molecular complexity index is 989. The van der Waals surface area contributed by atoms with Gasteiger partial charge in [-0.25, -0.2) is 0 Å². The van der Waals surface area contributed by atoms with Crippen molar-refractivity contribution in [3.05, 3.63) is 85.1 Å². The van der Waals surface area contributed by atoms with E-state index in [1.54, 1.807) is 6.08 Å². The van der Waals surface area contributed by atoms with Crippen LogP contribution in [0.5, 0.6) is 0 Å².